The van der Waals surface area contributed by atoms with Crippen LogP contribution in [0.4, 0.5) is 5.95 Å². The molecule has 0 aromatic carbocycles. The van der Waals surface area contributed by atoms with E-state index < -0.39 is 0 Å². The van der Waals surface area contributed by atoms with Gasteiger partial charge in [-0.1, -0.05) is 6.07 Å². The first kappa shape index (κ1) is 8.00. The quantitative estimate of drug-likeness (QED) is 0.697. The Morgan fingerprint density at radius 3 is 3.15 bits per heavy atom. The first-order valence-electron chi connectivity index (χ1n) is 4.15. The lowest BCUT2D eigenvalue weighted by Crippen LogP contribution is -2.13. The summed E-state index contributed by atoms with van der Waals surface area (Å²) in [5.74, 6) is 0.622. The molecule has 2 aromatic heterocycles. The zero-order chi connectivity index (χ0) is 9.10. The van der Waals surface area contributed by atoms with Crippen LogP contribution in [0.25, 0.3) is 5.65 Å². The number of anilines is 1. The van der Waals surface area contributed by atoms with Gasteiger partial charge in [-0.3, -0.25) is 0 Å². The van der Waals surface area contributed by atoms with E-state index in [1.54, 1.807) is 4.52 Å². The SMILES string of the molecule is NCCNc1nc2ccccn2n1. The van der Waals surface area contributed by atoms with Crippen molar-refractivity contribution in [3.8, 4) is 0 Å². The minimum atomic E-state index is 0.579. The molecule has 0 radical (unpaired) electrons. The van der Waals surface area contributed by atoms with Crippen LogP contribution >= 0.6 is 0 Å². The number of fused-ring (bicyclic) bond motifs is 1. The molecule has 0 fully saturated rings. The van der Waals surface area contributed by atoms with E-state index in [-0.39, 0.29) is 0 Å². The number of rotatable bonds is 3. The number of pyridine rings is 1. The Bertz CT molecular complexity index is 361. The highest BCUT2D eigenvalue weighted by Crippen LogP contribution is 2.03. The van der Waals surface area contributed by atoms with Crippen molar-refractivity contribution < 1.29 is 0 Å². The van der Waals surface area contributed by atoms with E-state index in [1.165, 1.54) is 0 Å². The van der Waals surface area contributed by atoms with Crippen molar-refractivity contribution in [2.24, 2.45) is 5.73 Å². The second-order valence-corrected chi connectivity index (χ2v) is 2.65. The summed E-state index contributed by atoms with van der Waals surface area (Å²) < 4.78 is 1.72. The molecule has 2 aromatic rings. The van der Waals surface area contributed by atoms with Crippen LogP contribution < -0.4 is 11.1 Å². The van der Waals surface area contributed by atoms with Crippen molar-refractivity contribution in [2.45, 2.75) is 0 Å². The maximum atomic E-state index is 5.35. The summed E-state index contributed by atoms with van der Waals surface area (Å²) in [7, 11) is 0. The van der Waals surface area contributed by atoms with E-state index in [1.807, 2.05) is 24.4 Å². The fraction of sp³-hybridized carbons (Fsp3) is 0.250. The van der Waals surface area contributed by atoms with Gasteiger partial charge in [0.25, 0.3) is 0 Å². The van der Waals surface area contributed by atoms with Crippen molar-refractivity contribution in [3.63, 3.8) is 0 Å². The van der Waals surface area contributed by atoms with E-state index >= 15 is 0 Å². The molecule has 5 nitrogen and oxygen atoms in total. The average molecular weight is 177 g/mol. The third-order valence-electron chi connectivity index (χ3n) is 1.67. The highest BCUT2D eigenvalue weighted by Gasteiger charge is 1.99. The van der Waals surface area contributed by atoms with E-state index in [0.29, 0.717) is 19.0 Å². The van der Waals surface area contributed by atoms with Crippen LogP contribution in [0.2, 0.25) is 0 Å². The maximum Gasteiger partial charge on any atom is 0.243 e. The molecule has 0 aliphatic carbocycles. The molecule has 0 spiro atoms. The molecular weight excluding hydrogens is 166 g/mol. The molecule has 2 heterocycles. The number of aromatic nitrogens is 3. The van der Waals surface area contributed by atoms with Crippen molar-refractivity contribution in [2.75, 3.05) is 18.4 Å². The molecule has 0 aliphatic rings. The minimum absolute atomic E-state index is 0.579. The average Bonchev–Trinajstić information content (AvgIpc) is 2.57. The second-order valence-electron chi connectivity index (χ2n) is 2.65. The van der Waals surface area contributed by atoms with Crippen LogP contribution in [0.5, 0.6) is 0 Å². The molecule has 0 amide bonds. The summed E-state index contributed by atoms with van der Waals surface area (Å²) in [4.78, 5) is 4.24. The highest BCUT2D eigenvalue weighted by atomic mass is 15.3. The Kier molecular flexibility index (Phi) is 2.09. The second kappa shape index (κ2) is 3.40. The van der Waals surface area contributed by atoms with E-state index in [0.717, 1.165) is 5.65 Å². The number of hydrogen-bond acceptors (Lipinski definition) is 4. The molecule has 0 aliphatic heterocycles. The molecule has 5 heteroatoms. The van der Waals surface area contributed by atoms with Crippen molar-refractivity contribution in [1.29, 1.82) is 0 Å². The maximum absolute atomic E-state index is 5.35. The van der Waals surface area contributed by atoms with E-state index in [2.05, 4.69) is 15.4 Å². The van der Waals surface area contributed by atoms with Crippen LogP contribution in [0.15, 0.2) is 24.4 Å². The molecule has 0 saturated carbocycles. The number of nitrogens with zero attached hydrogens (tertiary/aromatic N) is 3. The van der Waals surface area contributed by atoms with Crippen molar-refractivity contribution >= 4 is 11.6 Å². The topological polar surface area (TPSA) is 68.2 Å². The summed E-state index contributed by atoms with van der Waals surface area (Å²) >= 11 is 0. The summed E-state index contributed by atoms with van der Waals surface area (Å²) in [6, 6.07) is 5.74. The molecule has 2 rings (SSSR count). The predicted molar refractivity (Wildman–Crippen MR) is 50.5 cm³/mol. The highest BCUT2D eigenvalue weighted by molar-refractivity contribution is 5.42. The van der Waals surface area contributed by atoms with Crippen LogP contribution in [0.1, 0.15) is 0 Å². The number of hydrogen-bond donors (Lipinski definition) is 2. The van der Waals surface area contributed by atoms with E-state index in [4.69, 9.17) is 5.73 Å². The molecule has 0 saturated heterocycles. The lowest BCUT2D eigenvalue weighted by Gasteiger charge is -1.94. The first-order chi connectivity index (χ1) is 6.40. The summed E-state index contributed by atoms with van der Waals surface area (Å²) in [6.07, 6.45) is 1.86. The van der Waals surface area contributed by atoms with Gasteiger partial charge in [-0.25, -0.2) is 4.52 Å². The fourth-order valence-electron chi connectivity index (χ4n) is 1.09. The van der Waals surface area contributed by atoms with Gasteiger partial charge in [0.1, 0.15) is 0 Å². The molecule has 68 valence electrons. The lowest BCUT2D eigenvalue weighted by molar-refractivity contribution is 0.940. The smallest absolute Gasteiger partial charge is 0.243 e. The summed E-state index contributed by atoms with van der Waals surface area (Å²) in [5, 5.41) is 7.20. The number of nitrogens with two attached hydrogens (primary N) is 1. The Hall–Kier alpha value is -1.62. The third kappa shape index (κ3) is 1.59. The molecule has 3 N–H and O–H groups in total. The summed E-state index contributed by atoms with van der Waals surface area (Å²) in [5.41, 5.74) is 6.18. The van der Waals surface area contributed by atoms with Gasteiger partial charge in [0.15, 0.2) is 5.65 Å². The Morgan fingerprint density at radius 1 is 1.46 bits per heavy atom. The van der Waals surface area contributed by atoms with Gasteiger partial charge in [-0.15, -0.1) is 5.10 Å². The Balaban J connectivity index is 2.28. The first-order valence-corrected chi connectivity index (χ1v) is 4.15. The van der Waals surface area contributed by atoms with Gasteiger partial charge in [-0.2, -0.15) is 4.98 Å². The van der Waals surface area contributed by atoms with Crippen LogP contribution in [-0.2, 0) is 0 Å². The standard InChI is InChI=1S/C8H11N5/c9-4-5-10-8-11-7-3-1-2-6-13(7)12-8/h1-3,6H,4-5,9H2,(H,10,12). The largest absolute Gasteiger partial charge is 0.352 e. The fourth-order valence-corrected chi connectivity index (χ4v) is 1.09. The van der Waals surface area contributed by atoms with E-state index in [9.17, 15) is 0 Å². The Morgan fingerprint density at radius 2 is 2.38 bits per heavy atom. The van der Waals surface area contributed by atoms with Gasteiger partial charge in [-0.05, 0) is 12.1 Å². The van der Waals surface area contributed by atoms with Crippen molar-refractivity contribution in [1.82, 2.24) is 14.6 Å². The van der Waals surface area contributed by atoms with Crippen LogP contribution in [-0.4, -0.2) is 27.7 Å². The normalized spacial score (nSPS) is 10.5. The number of nitrogens with one attached hydrogen (secondary N) is 1. The van der Waals surface area contributed by atoms with Gasteiger partial charge in [0.2, 0.25) is 5.95 Å². The van der Waals surface area contributed by atoms with Gasteiger partial charge in [0, 0.05) is 19.3 Å². The molecule has 0 atom stereocenters. The Labute approximate surface area is 75.6 Å². The monoisotopic (exact) mass is 177 g/mol. The molecule has 0 unspecified atom stereocenters. The molecule has 13 heavy (non-hydrogen) atoms. The predicted octanol–water partition coefficient (Wildman–Crippen LogP) is 0.0999. The van der Waals surface area contributed by atoms with Gasteiger partial charge >= 0.3 is 0 Å². The zero-order valence-corrected chi connectivity index (χ0v) is 7.14. The minimum Gasteiger partial charge on any atom is -0.352 e. The lowest BCUT2D eigenvalue weighted by atomic mass is 10.5. The molecular formula is C8H11N5. The molecule has 0 bridgehead atoms. The third-order valence-corrected chi connectivity index (χ3v) is 1.67. The van der Waals surface area contributed by atoms with Crippen LogP contribution in [0, 0.1) is 0 Å². The van der Waals surface area contributed by atoms with Gasteiger partial charge in [0.05, 0.1) is 0 Å². The zero-order valence-electron chi connectivity index (χ0n) is 7.14. The summed E-state index contributed by atoms with van der Waals surface area (Å²) in [6.45, 7) is 1.27. The van der Waals surface area contributed by atoms with Gasteiger partial charge < -0.3 is 11.1 Å². The van der Waals surface area contributed by atoms with Crippen molar-refractivity contribution in [3.05, 3.63) is 24.4 Å². The van der Waals surface area contributed by atoms with Crippen LogP contribution in [0.3, 0.4) is 0 Å².